The molecule has 0 spiro atoms. The first-order valence-electron chi connectivity index (χ1n) is 8.17. The predicted octanol–water partition coefficient (Wildman–Crippen LogP) is 4.78. The van der Waals surface area contributed by atoms with Crippen molar-refractivity contribution in [1.29, 1.82) is 0 Å². The van der Waals surface area contributed by atoms with Gasteiger partial charge < -0.3 is 5.73 Å². The molecule has 0 saturated heterocycles. The summed E-state index contributed by atoms with van der Waals surface area (Å²) in [7, 11) is 0. The molecule has 0 atom stereocenters. The first kappa shape index (κ1) is 16.2. The van der Waals surface area contributed by atoms with Crippen molar-refractivity contribution < 1.29 is 0 Å². The average Bonchev–Trinajstić information content (AvgIpc) is 3.12. The van der Waals surface area contributed by atoms with Gasteiger partial charge in [-0.3, -0.25) is 5.43 Å². The van der Waals surface area contributed by atoms with Crippen LogP contribution in [0.25, 0.3) is 20.7 Å². The molecule has 0 aliphatic carbocycles. The first-order valence-corrected chi connectivity index (χ1v) is 8.98. The Hall–Kier alpha value is -3.25. The molecule has 0 aliphatic rings. The van der Waals surface area contributed by atoms with Gasteiger partial charge in [0.1, 0.15) is 11.2 Å². The highest BCUT2D eigenvalue weighted by molar-refractivity contribution is 7.21. The van der Waals surface area contributed by atoms with Gasteiger partial charge in [0.25, 0.3) is 0 Å². The lowest BCUT2D eigenvalue weighted by atomic mass is 10.1. The van der Waals surface area contributed by atoms with E-state index in [9.17, 15) is 0 Å². The van der Waals surface area contributed by atoms with Crippen molar-refractivity contribution in [2.75, 3.05) is 11.2 Å². The third kappa shape index (κ3) is 3.27. The second kappa shape index (κ2) is 6.93. The number of fused-ring (bicyclic) bond motifs is 1. The Morgan fingerprint density at radius 3 is 2.69 bits per heavy atom. The zero-order valence-electron chi connectivity index (χ0n) is 14.2. The predicted molar refractivity (Wildman–Crippen MR) is 110 cm³/mol. The molecule has 0 bridgehead atoms. The summed E-state index contributed by atoms with van der Waals surface area (Å²) in [6, 6.07) is 20.0. The van der Waals surface area contributed by atoms with E-state index in [1.165, 1.54) is 5.56 Å². The fourth-order valence-corrected chi connectivity index (χ4v) is 3.66. The molecule has 2 aromatic carbocycles. The van der Waals surface area contributed by atoms with Gasteiger partial charge in [0.05, 0.1) is 11.1 Å². The van der Waals surface area contributed by atoms with E-state index in [0.29, 0.717) is 11.5 Å². The van der Waals surface area contributed by atoms with Gasteiger partial charge in [0.15, 0.2) is 5.82 Å². The lowest BCUT2D eigenvalue weighted by molar-refractivity contribution is 1.18. The molecule has 26 heavy (non-hydrogen) atoms. The summed E-state index contributed by atoms with van der Waals surface area (Å²) < 4.78 is 0. The standard InChI is InChI=1S/C20H17N5S/c1-13(15-8-5-9-16(21)10-15)24-25-19-17-11-18(14-6-3-2-4-7-14)26-20(17)23-12-22-19/h2-12H,21H2,1H3,(H,22,23,25)/b24-13-. The topological polar surface area (TPSA) is 76.2 Å². The van der Waals surface area contributed by atoms with E-state index in [0.717, 1.165) is 26.4 Å². The van der Waals surface area contributed by atoms with Gasteiger partial charge in [0.2, 0.25) is 0 Å². The van der Waals surface area contributed by atoms with Crippen LogP contribution in [0.2, 0.25) is 0 Å². The maximum absolute atomic E-state index is 5.84. The molecule has 0 radical (unpaired) electrons. The van der Waals surface area contributed by atoms with Crippen LogP contribution in [-0.4, -0.2) is 15.7 Å². The van der Waals surface area contributed by atoms with Crippen molar-refractivity contribution in [2.24, 2.45) is 5.10 Å². The van der Waals surface area contributed by atoms with E-state index in [1.54, 1.807) is 17.7 Å². The third-order valence-corrected chi connectivity index (χ3v) is 5.11. The zero-order chi connectivity index (χ0) is 17.9. The van der Waals surface area contributed by atoms with E-state index < -0.39 is 0 Å². The van der Waals surface area contributed by atoms with Crippen LogP contribution in [0.15, 0.2) is 72.1 Å². The summed E-state index contributed by atoms with van der Waals surface area (Å²) in [5, 5.41) is 5.42. The number of rotatable bonds is 4. The molecule has 0 amide bonds. The number of nitrogens with zero attached hydrogens (tertiary/aromatic N) is 3. The van der Waals surface area contributed by atoms with Crippen LogP contribution >= 0.6 is 11.3 Å². The van der Waals surface area contributed by atoms with E-state index in [1.807, 2.05) is 49.4 Å². The number of nitrogens with one attached hydrogen (secondary N) is 1. The molecular formula is C20H17N5S. The van der Waals surface area contributed by atoms with E-state index >= 15 is 0 Å². The molecule has 4 aromatic rings. The minimum atomic E-state index is 0.691. The number of hydrogen-bond acceptors (Lipinski definition) is 6. The number of aromatic nitrogens is 2. The number of anilines is 2. The number of nitrogens with two attached hydrogens (primary N) is 1. The van der Waals surface area contributed by atoms with Gasteiger partial charge in [-0.1, -0.05) is 42.5 Å². The summed E-state index contributed by atoms with van der Waals surface area (Å²) in [4.78, 5) is 10.8. The van der Waals surface area contributed by atoms with E-state index in [4.69, 9.17) is 5.73 Å². The Bertz CT molecular complexity index is 1090. The van der Waals surface area contributed by atoms with Crippen LogP contribution in [-0.2, 0) is 0 Å². The Labute approximate surface area is 155 Å². The quantitative estimate of drug-likeness (QED) is 0.312. The van der Waals surface area contributed by atoms with Crippen LogP contribution in [0.3, 0.4) is 0 Å². The van der Waals surface area contributed by atoms with Crippen molar-refractivity contribution in [1.82, 2.24) is 9.97 Å². The normalized spacial score (nSPS) is 11.7. The van der Waals surface area contributed by atoms with E-state index in [-0.39, 0.29) is 0 Å². The first-order chi connectivity index (χ1) is 12.7. The minimum absolute atomic E-state index is 0.691. The number of hydrazone groups is 1. The Morgan fingerprint density at radius 1 is 1.04 bits per heavy atom. The third-order valence-electron chi connectivity index (χ3n) is 4.02. The summed E-state index contributed by atoms with van der Waals surface area (Å²) in [6.07, 6.45) is 1.56. The molecule has 0 saturated carbocycles. The minimum Gasteiger partial charge on any atom is -0.399 e. The molecule has 2 aromatic heterocycles. The smallest absolute Gasteiger partial charge is 0.158 e. The highest BCUT2D eigenvalue weighted by atomic mass is 32.1. The highest BCUT2D eigenvalue weighted by Crippen LogP contribution is 2.34. The molecule has 2 heterocycles. The number of benzene rings is 2. The van der Waals surface area contributed by atoms with Crippen molar-refractivity contribution >= 4 is 38.8 Å². The lowest BCUT2D eigenvalue weighted by Gasteiger charge is -2.04. The second-order valence-corrected chi connectivity index (χ2v) is 6.88. The Balaban J connectivity index is 1.66. The number of hydrogen-bond donors (Lipinski definition) is 2. The summed E-state index contributed by atoms with van der Waals surface area (Å²) in [6.45, 7) is 1.93. The van der Waals surface area contributed by atoms with Gasteiger partial charge >= 0.3 is 0 Å². The molecule has 0 unspecified atom stereocenters. The van der Waals surface area contributed by atoms with Crippen LogP contribution in [0.4, 0.5) is 11.5 Å². The van der Waals surface area contributed by atoms with Crippen LogP contribution in [0.1, 0.15) is 12.5 Å². The summed E-state index contributed by atoms with van der Waals surface area (Å²) in [5.74, 6) is 0.691. The van der Waals surface area contributed by atoms with Crippen molar-refractivity contribution in [3.05, 3.63) is 72.6 Å². The molecular weight excluding hydrogens is 342 g/mol. The van der Waals surface area contributed by atoms with Gasteiger partial charge in [-0.2, -0.15) is 5.10 Å². The fraction of sp³-hybridized carbons (Fsp3) is 0.0500. The lowest BCUT2D eigenvalue weighted by Crippen LogP contribution is -2.02. The largest absolute Gasteiger partial charge is 0.399 e. The molecule has 5 nitrogen and oxygen atoms in total. The Kier molecular flexibility index (Phi) is 4.33. The highest BCUT2D eigenvalue weighted by Gasteiger charge is 2.10. The van der Waals surface area contributed by atoms with Gasteiger partial charge in [-0.15, -0.1) is 11.3 Å². The average molecular weight is 359 g/mol. The molecule has 6 heteroatoms. The zero-order valence-corrected chi connectivity index (χ0v) is 15.0. The Morgan fingerprint density at radius 2 is 1.88 bits per heavy atom. The molecule has 4 rings (SSSR count). The van der Waals surface area contributed by atoms with Crippen LogP contribution in [0.5, 0.6) is 0 Å². The van der Waals surface area contributed by atoms with Crippen LogP contribution < -0.4 is 11.2 Å². The van der Waals surface area contributed by atoms with Gasteiger partial charge in [0, 0.05) is 10.6 Å². The monoisotopic (exact) mass is 359 g/mol. The molecule has 0 fully saturated rings. The van der Waals surface area contributed by atoms with E-state index in [2.05, 4.69) is 38.7 Å². The van der Waals surface area contributed by atoms with Crippen molar-refractivity contribution in [3.8, 4) is 10.4 Å². The van der Waals surface area contributed by atoms with Gasteiger partial charge in [-0.25, -0.2) is 9.97 Å². The molecule has 0 aliphatic heterocycles. The van der Waals surface area contributed by atoms with Crippen LogP contribution in [0, 0.1) is 0 Å². The van der Waals surface area contributed by atoms with Gasteiger partial charge in [-0.05, 0) is 36.2 Å². The van der Waals surface area contributed by atoms with Crippen molar-refractivity contribution in [3.63, 3.8) is 0 Å². The summed E-state index contributed by atoms with van der Waals surface area (Å²) >= 11 is 1.64. The maximum atomic E-state index is 5.84. The number of nitrogen functional groups attached to an aromatic ring is 1. The second-order valence-electron chi connectivity index (χ2n) is 5.85. The van der Waals surface area contributed by atoms with Crippen molar-refractivity contribution in [2.45, 2.75) is 6.92 Å². The fourth-order valence-electron chi connectivity index (χ4n) is 2.65. The maximum Gasteiger partial charge on any atom is 0.158 e. The summed E-state index contributed by atoms with van der Waals surface area (Å²) in [5.41, 5.74) is 12.6. The molecule has 3 N–H and O–H groups in total. The SMILES string of the molecule is C/C(=N/Nc1ncnc2sc(-c3ccccc3)cc12)c1cccc(N)c1. The number of thiophene rings is 1. The molecule has 128 valence electrons.